The molecule has 1 saturated carbocycles. The molecule has 0 bridgehead atoms. The maximum Gasteiger partial charge on any atom is 0.328 e. The van der Waals surface area contributed by atoms with Crippen LogP contribution in [0, 0.1) is 0 Å². The zero-order chi connectivity index (χ0) is 11.8. The molecule has 1 heterocycles. The van der Waals surface area contributed by atoms with E-state index in [1.165, 1.54) is 17.1 Å². The highest BCUT2D eigenvalue weighted by molar-refractivity contribution is 7.52. The van der Waals surface area contributed by atoms with Crippen molar-refractivity contribution in [2.75, 3.05) is 0 Å². The Hall–Kier alpha value is -0.750. The van der Waals surface area contributed by atoms with Gasteiger partial charge in [0.25, 0.3) is 0 Å². The highest BCUT2D eigenvalue weighted by Gasteiger charge is 2.43. The summed E-state index contributed by atoms with van der Waals surface area (Å²) in [5, 5.41) is 17.6. The van der Waals surface area contributed by atoms with E-state index in [2.05, 4.69) is 10.3 Å². The Morgan fingerprint density at radius 3 is 2.81 bits per heavy atom. The molecule has 0 aromatic carbocycles. The fourth-order valence-electron chi connectivity index (χ4n) is 2.13. The van der Waals surface area contributed by atoms with E-state index >= 15 is 0 Å². The lowest BCUT2D eigenvalue weighted by atomic mass is 9.91. The largest absolute Gasteiger partial charge is 0.369 e. The van der Waals surface area contributed by atoms with Crippen LogP contribution >= 0.6 is 7.60 Å². The van der Waals surface area contributed by atoms with Gasteiger partial charge in [-0.15, -0.1) is 5.10 Å². The van der Waals surface area contributed by atoms with Crippen molar-refractivity contribution in [3.63, 3.8) is 0 Å². The van der Waals surface area contributed by atoms with Gasteiger partial charge in [0.2, 0.25) is 0 Å². The highest BCUT2D eigenvalue weighted by atomic mass is 31.2. The van der Waals surface area contributed by atoms with Crippen molar-refractivity contribution in [3.8, 4) is 0 Å². The van der Waals surface area contributed by atoms with Crippen LogP contribution < -0.4 is 0 Å². The van der Waals surface area contributed by atoms with E-state index in [4.69, 9.17) is 9.79 Å². The van der Waals surface area contributed by atoms with Crippen molar-refractivity contribution in [3.05, 3.63) is 12.4 Å². The van der Waals surface area contributed by atoms with Crippen LogP contribution in [0.3, 0.4) is 0 Å². The third-order valence-corrected chi connectivity index (χ3v) is 4.39. The first-order valence-electron chi connectivity index (χ1n) is 5.06. The molecule has 7 nitrogen and oxygen atoms in total. The molecule has 0 unspecified atom stereocenters. The normalized spacial score (nSPS) is 31.6. The van der Waals surface area contributed by atoms with E-state index in [0.29, 0.717) is 19.3 Å². The molecule has 0 amide bonds. The van der Waals surface area contributed by atoms with E-state index in [0.717, 1.165) is 0 Å². The van der Waals surface area contributed by atoms with Crippen LogP contribution in [-0.2, 0) is 10.3 Å². The van der Waals surface area contributed by atoms with Crippen LogP contribution in [0.4, 0.5) is 0 Å². The van der Waals surface area contributed by atoms with Crippen LogP contribution in [0.5, 0.6) is 0 Å². The van der Waals surface area contributed by atoms with Gasteiger partial charge in [-0.2, -0.15) is 0 Å². The van der Waals surface area contributed by atoms with Gasteiger partial charge in [0, 0.05) is 12.6 Å². The number of nitrogens with zero attached hydrogens (tertiary/aromatic N) is 3. The second-order valence-corrected chi connectivity index (χ2v) is 6.08. The van der Waals surface area contributed by atoms with E-state index < -0.39 is 19.0 Å². The summed E-state index contributed by atoms with van der Waals surface area (Å²) in [6.07, 6.45) is 4.38. The number of hydrogen-bond acceptors (Lipinski definition) is 4. The Morgan fingerprint density at radius 2 is 2.25 bits per heavy atom. The van der Waals surface area contributed by atoms with Gasteiger partial charge in [-0.25, -0.2) is 4.68 Å². The summed E-state index contributed by atoms with van der Waals surface area (Å²) >= 11 is 0. The van der Waals surface area contributed by atoms with Crippen LogP contribution in [0.2, 0.25) is 0 Å². The molecule has 8 heteroatoms. The van der Waals surface area contributed by atoms with Gasteiger partial charge in [-0.05, 0) is 19.3 Å². The van der Waals surface area contributed by atoms with E-state index in [9.17, 15) is 9.67 Å². The highest BCUT2D eigenvalue weighted by Crippen LogP contribution is 2.51. The van der Waals surface area contributed by atoms with Crippen molar-refractivity contribution >= 4 is 7.60 Å². The summed E-state index contributed by atoms with van der Waals surface area (Å²) in [7, 11) is -4.14. The van der Waals surface area contributed by atoms with E-state index in [1.54, 1.807) is 0 Å². The SMILES string of the molecule is O=P(O)(O)[C@@H]1CCC[C@](O)(n2ccnn2)C1. The molecule has 1 aromatic heterocycles. The Labute approximate surface area is 92.3 Å². The van der Waals surface area contributed by atoms with Gasteiger partial charge in [-0.3, -0.25) is 4.57 Å². The molecule has 0 saturated heterocycles. The number of aromatic nitrogens is 3. The second kappa shape index (κ2) is 3.92. The lowest BCUT2D eigenvalue weighted by molar-refractivity contribution is -0.0811. The Bertz CT molecular complexity index is 403. The van der Waals surface area contributed by atoms with Gasteiger partial charge in [-0.1, -0.05) is 5.21 Å². The molecular weight excluding hydrogens is 233 g/mol. The third kappa shape index (κ3) is 2.17. The average molecular weight is 247 g/mol. The third-order valence-electron chi connectivity index (χ3n) is 3.00. The predicted octanol–water partition coefficient (Wildman–Crippen LogP) is 0.0435. The van der Waals surface area contributed by atoms with Crippen LogP contribution in [0.15, 0.2) is 12.4 Å². The van der Waals surface area contributed by atoms with Crippen LogP contribution in [0.1, 0.15) is 25.7 Å². The lowest BCUT2D eigenvalue weighted by Crippen LogP contribution is -2.40. The summed E-state index contributed by atoms with van der Waals surface area (Å²) in [5.74, 6) is 0. The zero-order valence-corrected chi connectivity index (χ0v) is 9.49. The quantitative estimate of drug-likeness (QED) is 0.637. The van der Waals surface area contributed by atoms with Gasteiger partial charge in [0.1, 0.15) is 0 Å². The molecule has 0 aliphatic heterocycles. The number of rotatable bonds is 2. The first-order valence-corrected chi connectivity index (χ1v) is 6.74. The topological polar surface area (TPSA) is 108 Å². The first kappa shape index (κ1) is 11.7. The minimum atomic E-state index is -4.14. The number of aliphatic hydroxyl groups is 1. The molecule has 16 heavy (non-hydrogen) atoms. The molecule has 1 aliphatic rings. The maximum atomic E-state index is 11.2. The molecular formula is C8H14N3O4P. The smallest absolute Gasteiger partial charge is 0.328 e. The molecule has 1 fully saturated rings. The Kier molecular flexibility index (Phi) is 2.88. The van der Waals surface area contributed by atoms with Crippen molar-refractivity contribution < 1.29 is 19.5 Å². The molecule has 1 aliphatic carbocycles. The fraction of sp³-hybridized carbons (Fsp3) is 0.750. The molecule has 90 valence electrons. The fourth-order valence-corrected chi connectivity index (χ4v) is 3.18. The average Bonchev–Trinajstić information content (AvgIpc) is 2.69. The first-order chi connectivity index (χ1) is 7.42. The van der Waals surface area contributed by atoms with Crippen molar-refractivity contribution in [2.45, 2.75) is 37.1 Å². The summed E-state index contributed by atoms with van der Waals surface area (Å²) in [5.41, 5.74) is -2.11. The minimum absolute atomic E-state index is 0.0145. The summed E-state index contributed by atoms with van der Waals surface area (Å²) < 4.78 is 12.5. The molecule has 2 atom stereocenters. The van der Waals surface area contributed by atoms with Crippen molar-refractivity contribution in [2.24, 2.45) is 0 Å². The van der Waals surface area contributed by atoms with Crippen LogP contribution in [-0.4, -0.2) is 35.5 Å². The summed E-state index contributed by atoms with van der Waals surface area (Å²) in [6.45, 7) is 0. The second-order valence-electron chi connectivity index (χ2n) is 4.17. The number of hydrogen-bond donors (Lipinski definition) is 3. The summed E-state index contributed by atoms with van der Waals surface area (Å²) in [6, 6.07) is 0. The minimum Gasteiger partial charge on any atom is -0.369 e. The van der Waals surface area contributed by atoms with E-state index in [-0.39, 0.29) is 6.42 Å². The molecule has 2 rings (SSSR count). The van der Waals surface area contributed by atoms with Crippen molar-refractivity contribution in [1.82, 2.24) is 15.0 Å². The van der Waals surface area contributed by atoms with E-state index in [1.807, 2.05) is 0 Å². The maximum absolute atomic E-state index is 11.2. The molecule has 3 N–H and O–H groups in total. The van der Waals surface area contributed by atoms with Gasteiger partial charge in [0.15, 0.2) is 5.72 Å². The Balaban J connectivity index is 2.21. The van der Waals surface area contributed by atoms with Crippen molar-refractivity contribution in [1.29, 1.82) is 0 Å². The van der Waals surface area contributed by atoms with Gasteiger partial charge in [0.05, 0.1) is 11.9 Å². The van der Waals surface area contributed by atoms with Gasteiger partial charge >= 0.3 is 7.60 Å². The van der Waals surface area contributed by atoms with Crippen LogP contribution in [0.25, 0.3) is 0 Å². The zero-order valence-electron chi connectivity index (χ0n) is 8.60. The molecule has 1 aromatic rings. The van der Waals surface area contributed by atoms with Gasteiger partial charge < -0.3 is 14.9 Å². The molecule has 0 radical (unpaired) electrons. The lowest BCUT2D eigenvalue weighted by Gasteiger charge is -2.36. The summed E-state index contributed by atoms with van der Waals surface area (Å²) in [4.78, 5) is 18.3. The predicted molar refractivity (Wildman–Crippen MR) is 54.5 cm³/mol. The standard InChI is InChI=1S/C8H14N3O4P/c12-8(11-5-4-9-10-11)3-1-2-7(6-8)16(13,14)15/h4-5,7,12H,1-3,6H2,(H2,13,14,15)/t7-,8-/m1/s1. The Morgan fingerprint density at radius 1 is 1.50 bits per heavy atom. The molecule has 0 spiro atoms. The monoisotopic (exact) mass is 247 g/mol.